The molecular formula is C11H12N4O3. The number of hydrogen-bond donors (Lipinski definition) is 2. The van der Waals surface area contributed by atoms with Crippen LogP contribution in [0, 0.1) is 21.4 Å². The Hall–Kier alpha value is -2.62. The molecule has 1 rings (SSSR count). The number of amides is 1. The third-order valence-electron chi connectivity index (χ3n) is 2.27. The predicted octanol–water partition coefficient (Wildman–Crippen LogP) is 1.01. The second-order valence-corrected chi connectivity index (χ2v) is 3.45. The number of nitro benzene ring substituents is 1. The molecular weight excluding hydrogens is 236 g/mol. The predicted molar refractivity (Wildman–Crippen MR) is 65.0 cm³/mol. The molecule has 0 aliphatic heterocycles. The summed E-state index contributed by atoms with van der Waals surface area (Å²) in [5.74, 6) is -0.107. The van der Waals surface area contributed by atoms with Gasteiger partial charge in [-0.2, -0.15) is 5.26 Å². The van der Waals surface area contributed by atoms with Crippen LogP contribution in [0.2, 0.25) is 0 Å². The number of carbonyl (C=O) groups excluding carboxylic acids is 1. The first kappa shape index (κ1) is 13.4. The van der Waals surface area contributed by atoms with Gasteiger partial charge in [-0.25, -0.2) is 0 Å². The third kappa shape index (κ3) is 3.45. The molecule has 18 heavy (non-hydrogen) atoms. The summed E-state index contributed by atoms with van der Waals surface area (Å²) in [5.41, 5.74) is 0.334. The molecule has 0 spiro atoms. The van der Waals surface area contributed by atoms with Gasteiger partial charge in [0.25, 0.3) is 5.69 Å². The lowest BCUT2D eigenvalue weighted by Crippen LogP contribution is -2.20. The number of rotatable bonds is 5. The van der Waals surface area contributed by atoms with Crippen LogP contribution in [0.1, 0.15) is 12.0 Å². The minimum Gasteiger partial charge on any atom is -0.384 e. The van der Waals surface area contributed by atoms with Crippen molar-refractivity contribution >= 4 is 17.3 Å². The smallest absolute Gasteiger partial charge is 0.287 e. The highest BCUT2D eigenvalue weighted by Gasteiger charge is 2.13. The zero-order valence-corrected chi connectivity index (χ0v) is 9.77. The van der Waals surface area contributed by atoms with Gasteiger partial charge in [-0.15, -0.1) is 0 Å². The van der Waals surface area contributed by atoms with E-state index in [9.17, 15) is 14.9 Å². The summed E-state index contributed by atoms with van der Waals surface area (Å²) in [6.07, 6.45) is 0.287. The van der Waals surface area contributed by atoms with Crippen LogP contribution in [-0.4, -0.2) is 24.4 Å². The van der Waals surface area contributed by atoms with Crippen molar-refractivity contribution in [2.45, 2.75) is 6.42 Å². The van der Waals surface area contributed by atoms with Gasteiger partial charge < -0.3 is 10.6 Å². The molecule has 0 bridgehead atoms. The molecule has 94 valence electrons. The maximum absolute atomic E-state index is 11.0. The van der Waals surface area contributed by atoms with Crippen molar-refractivity contribution in [3.63, 3.8) is 0 Å². The molecule has 0 aromatic heterocycles. The van der Waals surface area contributed by atoms with Crippen molar-refractivity contribution in [1.82, 2.24) is 5.32 Å². The van der Waals surface area contributed by atoms with Gasteiger partial charge in [0.05, 0.1) is 4.92 Å². The Morgan fingerprint density at radius 3 is 2.83 bits per heavy atom. The Labute approximate surface area is 104 Å². The fraction of sp³-hybridized carbons (Fsp3) is 0.273. The molecule has 0 aliphatic carbocycles. The van der Waals surface area contributed by atoms with E-state index in [0.717, 1.165) is 0 Å². The van der Waals surface area contributed by atoms with E-state index >= 15 is 0 Å². The number of nitro groups is 1. The van der Waals surface area contributed by atoms with Gasteiger partial charge in [0.15, 0.2) is 0 Å². The molecule has 0 fully saturated rings. The highest BCUT2D eigenvalue weighted by Crippen LogP contribution is 2.21. The van der Waals surface area contributed by atoms with E-state index in [2.05, 4.69) is 10.6 Å². The van der Waals surface area contributed by atoms with Crippen LogP contribution < -0.4 is 10.6 Å². The van der Waals surface area contributed by atoms with Gasteiger partial charge in [-0.05, 0) is 12.1 Å². The van der Waals surface area contributed by atoms with Crippen LogP contribution in [0.5, 0.6) is 0 Å². The Bertz CT molecular complexity index is 508. The Morgan fingerprint density at radius 2 is 2.28 bits per heavy atom. The summed E-state index contributed by atoms with van der Waals surface area (Å²) in [6, 6.07) is 5.93. The van der Waals surface area contributed by atoms with Gasteiger partial charge in [0, 0.05) is 31.8 Å². The van der Waals surface area contributed by atoms with Crippen LogP contribution in [0.25, 0.3) is 0 Å². The second-order valence-electron chi connectivity index (χ2n) is 3.45. The number of anilines is 1. The lowest BCUT2D eigenvalue weighted by Gasteiger charge is -2.06. The van der Waals surface area contributed by atoms with Crippen LogP contribution >= 0.6 is 0 Å². The molecule has 1 amide bonds. The highest BCUT2D eigenvalue weighted by atomic mass is 16.6. The van der Waals surface area contributed by atoms with E-state index in [1.165, 1.54) is 18.2 Å². The maximum Gasteiger partial charge on any atom is 0.287 e. The third-order valence-corrected chi connectivity index (χ3v) is 2.27. The molecule has 7 nitrogen and oxygen atoms in total. The van der Waals surface area contributed by atoms with E-state index in [0.29, 0.717) is 12.2 Å². The first-order valence-corrected chi connectivity index (χ1v) is 5.21. The van der Waals surface area contributed by atoms with Gasteiger partial charge in [0.1, 0.15) is 11.6 Å². The van der Waals surface area contributed by atoms with Crippen molar-refractivity contribution in [1.29, 1.82) is 5.26 Å². The van der Waals surface area contributed by atoms with Crippen molar-refractivity contribution in [2.24, 2.45) is 0 Å². The lowest BCUT2D eigenvalue weighted by atomic mass is 10.1. The fourth-order valence-electron chi connectivity index (χ4n) is 1.34. The zero-order valence-electron chi connectivity index (χ0n) is 9.77. The number of nitrogens with zero attached hydrogens (tertiary/aromatic N) is 2. The largest absolute Gasteiger partial charge is 0.384 e. The van der Waals surface area contributed by atoms with E-state index in [-0.39, 0.29) is 23.6 Å². The lowest BCUT2D eigenvalue weighted by molar-refractivity contribution is -0.385. The minimum absolute atomic E-state index is 0.00931. The molecule has 2 N–H and O–H groups in total. The Balaban J connectivity index is 2.72. The molecule has 1 aromatic rings. The number of benzene rings is 1. The first-order valence-electron chi connectivity index (χ1n) is 5.21. The molecule has 0 atom stereocenters. The van der Waals surface area contributed by atoms with Gasteiger partial charge in [-0.3, -0.25) is 14.9 Å². The quantitative estimate of drug-likeness (QED) is 0.597. The average molecular weight is 248 g/mol. The zero-order chi connectivity index (χ0) is 13.5. The minimum atomic E-state index is -0.604. The summed E-state index contributed by atoms with van der Waals surface area (Å²) in [6.45, 7) is 0.391. The highest BCUT2D eigenvalue weighted by molar-refractivity contribution is 5.76. The normalized spacial score (nSPS) is 9.33. The first-order chi connectivity index (χ1) is 8.58. The summed E-state index contributed by atoms with van der Waals surface area (Å²) in [7, 11) is 1.54. The molecule has 0 unspecified atom stereocenters. The van der Waals surface area contributed by atoms with Crippen molar-refractivity contribution in [3.8, 4) is 6.07 Å². The summed E-state index contributed by atoms with van der Waals surface area (Å²) in [4.78, 5) is 21.0. The van der Waals surface area contributed by atoms with Gasteiger partial charge in [0.2, 0.25) is 5.91 Å². The average Bonchev–Trinajstić information content (AvgIpc) is 2.37. The SMILES string of the molecule is CNC(=O)CCNc1ccc([N+](=O)[O-])c(C#N)c1. The van der Waals surface area contributed by atoms with Crippen molar-refractivity contribution in [3.05, 3.63) is 33.9 Å². The molecule has 0 saturated heterocycles. The number of carbonyl (C=O) groups is 1. The topological polar surface area (TPSA) is 108 Å². The van der Waals surface area contributed by atoms with Crippen LogP contribution in [0.4, 0.5) is 11.4 Å². The van der Waals surface area contributed by atoms with Crippen molar-refractivity contribution < 1.29 is 9.72 Å². The number of hydrogen-bond acceptors (Lipinski definition) is 5. The van der Waals surface area contributed by atoms with E-state index < -0.39 is 4.92 Å². The van der Waals surface area contributed by atoms with E-state index in [1.54, 1.807) is 13.1 Å². The molecule has 1 aromatic carbocycles. The number of nitrogens with one attached hydrogen (secondary N) is 2. The second kappa shape index (κ2) is 6.20. The monoisotopic (exact) mass is 248 g/mol. The molecule has 0 heterocycles. The molecule has 0 radical (unpaired) electrons. The summed E-state index contributed by atoms with van der Waals surface area (Å²) >= 11 is 0. The molecule has 0 saturated carbocycles. The van der Waals surface area contributed by atoms with Crippen LogP contribution in [0.15, 0.2) is 18.2 Å². The van der Waals surface area contributed by atoms with Gasteiger partial charge in [-0.1, -0.05) is 0 Å². The van der Waals surface area contributed by atoms with Crippen LogP contribution in [0.3, 0.4) is 0 Å². The summed E-state index contributed by atoms with van der Waals surface area (Å²) < 4.78 is 0. The Morgan fingerprint density at radius 1 is 1.56 bits per heavy atom. The summed E-state index contributed by atoms with van der Waals surface area (Å²) in [5, 5.41) is 24.8. The van der Waals surface area contributed by atoms with E-state index in [4.69, 9.17) is 5.26 Å². The number of nitriles is 1. The van der Waals surface area contributed by atoms with Crippen molar-refractivity contribution in [2.75, 3.05) is 18.9 Å². The standard InChI is InChI=1S/C11H12N4O3/c1-13-11(16)4-5-14-9-2-3-10(15(17)18)8(6-9)7-12/h2-3,6,14H,4-5H2,1H3,(H,13,16). The molecule has 0 aliphatic rings. The molecule has 7 heteroatoms. The maximum atomic E-state index is 11.0. The Kier molecular flexibility index (Phi) is 4.63. The van der Waals surface area contributed by atoms with Gasteiger partial charge >= 0.3 is 0 Å². The fourth-order valence-corrected chi connectivity index (χ4v) is 1.34. The van der Waals surface area contributed by atoms with Crippen LogP contribution in [-0.2, 0) is 4.79 Å². The van der Waals surface area contributed by atoms with E-state index in [1.807, 2.05) is 0 Å².